The normalized spacial score (nSPS) is 11.2. The van der Waals surface area contributed by atoms with Crippen LogP contribution in [0, 0.1) is 11.6 Å². The average Bonchev–Trinajstić information content (AvgIpc) is 2.94. The summed E-state index contributed by atoms with van der Waals surface area (Å²) in [6.07, 6.45) is 1.65. The van der Waals surface area contributed by atoms with E-state index in [1.54, 1.807) is 6.20 Å². The Kier molecular flexibility index (Phi) is 2.48. The van der Waals surface area contributed by atoms with Crippen molar-refractivity contribution in [3.63, 3.8) is 0 Å². The molecule has 3 rings (SSSR count). The summed E-state index contributed by atoms with van der Waals surface area (Å²) in [4.78, 5) is 8.10. The first kappa shape index (κ1) is 11.1. The van der Waals surface area contributed by atoms with Gasteiger partial charge in [0.05, 0.1) is 12.1 Å². The monoisotopic (exact) mass is 266 g/mol. The number of nitrogens with two attached hydrogens (primary N) is 1. The van der Waals surface area contributed by atoms with Gasteiger partial charge in [-0.25, -0.2) is 18.7 Å². The van der Waals surface area contributed by atoms with Gasteiger partial charge in [-0.15, -0.1) is 11.3 Å². The molecule has 0 unspecified atom stereocenters. The summed E-state index contributed by atoms with van der Waals surface area (Å²) in [5, 5.41) is 2.56. The van der Waals surface area contributed by atoms with E-state index in [4.69, 9.17) is 5.73 Å². The second-order valence-corrected chi connectivity index (χ2v) is 4.69. The van der Waals surface area contributed by atoms with Crippen LogP contribution in [0.4, 0.5) is 14.7 Å². The highest BCUT2D eigenvalue weighted by Crippen LogP contribution is 2.24. The van der Waals surface area contributed by atoms with Gasteiger partial charge in [0.25, 0.3) is 0 Å². The summed E-state index contributed by atoms with van der Waals surface area (Å²) in [6.45, 7) is 0.278. The van der Waals surface area contributed by atoms with Gasteiger partial charge in [-0.2, -0.15) is 0 Å². The number of nitrogens with zero attached hydrogens (tertiary/aromatic N) is 3. The first-order valence-corrected chi connectivity index (χ1v) is 6.03. The molecule has 92 valence electrons. The molecule has 3 aromatic rings. The highest BCUT2D eigenvalue weighted by Gasteiger charge is 2.16. The SMILES string of the molecule is Nc1nc2ccc(F)c(F)c2n1Cc1nccs1. The van der Waals surface area contributed by atoms with Crippen LogP contribution in [0.25, 0.3) is 11.0 Å². The van der Waals surface area contributed by atoms with Crippen LogP contribution < -0.4 is 5.73 Å². The van der Waals surface area contributed by atoms with E-state index in [1.807, 2.05) is 5.38 Å². The maximum absolute atomic E-state index is 13.8. The Morgan fingerprint density at radius 3 is 2.89 bits per heavy atom. The molecule has 2 N–H and O–H groups in total. The van der Waals surface area contributed by atoms with Gasteiger partial charge in [-0.3, -0.25) is 0 Å². The van der Waals surface area contributed by atoms with Crippen molar-refractivity contribution in [2.24, 2.45) is 0 Å². The molecule has 18 heavy (non-hydrogen) atoms. The van der Waals surface area contributed by atoms with Crippen LogP contribution in [0.3, 0.4) is 0 Å². The summed E-state index contributed by atoms with van der Waals surface area (Å²) in [7, 11) is 0. The van der Waals surface area contributed by atoms with Crippen molar-refractivity contribution in [2.45, 2.75) is 6.54 Å². The van der Waals surface area contributed by atoms with Gasteiger partial charge in [0.15, 0.2) is 11.6 Å². The van der Waals surface area contributed by atoms with Crippen molar-refractivity contribution in [2.75, 3.05) is 5.73 Å². The summed E-state index contributed by atoms with van der Waals surface area (Å²) in [5.74, 6) is -1.71. The molecule has 0 aliphatic heterocycles. The fourth-order valence-electron chi connectivity index (χ4n) is 1.80. The smallest absolute Gasteiger partial charge is 0.201 e. The Hall–Kier alpha value is -2.02. The quantitative estimate of drug-likeness (QED) is 0.775. The van der Waals surface area contributed by atoms with Gasteiger partial charge in [0.1, 0.15) is 10.5 Å². The maximum atomic E-state index is 13.8. The van der Waals surface area contributed by atoms with E-state index in [2.05, 4.69) is 9.97 Å². The first-order valence-electron chi connectivity index (χ1n) is 5.15. The number of thiazole rings is 1. The van der Waals surface area contributed by atoms with Crippen LogP contribution in [0.2, 0.25) is 0 Å². The van der Waals surface area contributed by atoms with E-state index in [0.717, 1.165) is 11.1 Å². The minimum absolute atomic E-state index is 0.0719. The number of aromatic nitrogens is 3. The Labute approximate surface area is 105 Å². The molecule has 0 bridgehead atoms. The molecule has 4 nitrogen and oxygen atoms in total. The molecule has 2 heterocycles. The lowest BCUT2D eigenvalue weighted by atomic mass is 10.3. The molecule has 0 atom stereocenters. The largest absolute Gasteiger partial charge is 0.369 e. The number of anilines is 1. The van der Waals surface area contributed by atoms with E-state index in [9.17, 15) is 8.78 Å². The fraction of sp³-hybridized carbons (Fsp3) is 0.0909. The van der Waals surface area contributed by atoms with Gasteiger partial charge in [0, 0.05) is 11.6 Å². The minimum atomic E-state index is -0.937. The average molecular weight is 266 g/mol. The number of halogens is 2. The number of nitrogen functional groups attached to an aromatic ring is 1. The van der Waals surface area contributed by atoms with Crippen LogP contribution >= 0.6 is 11.3 Å². The lowest BCUT2D eigenvalue weighted by molar-refractivity contribution is 0.512. The molecule has 0 aliphatic rings. The van der Waals surface area contributed by atoms with Crippen molar-refractivity contribution < 1.29 is 8.78 Å². The maximum Gasteiger partial charge on any atom is 0.201 e. The standard InChI is InChI=1S/C11H8F2N4S/c12-6-1-2-7-10(9(6)13)17(11(14)16-7)5-8-15-3-4-18-8/h1-4H,5H2,(H2,14,16). The van der Waals surface area contributed by atoms with E-state index >= 15 is 0 Å². The van der Waals surface area contributed by atoms with Crippen molar-refractivity contribution in [1.29, 1.82) is 0 Å². The van der Waals surface area contributed by atoms with Gasteiger partial charge < -0.3 is 10.3 Å². The number of hydrogen-bond acceptors (Lipinski definition) is 4. The number of rotatable bonds is 2. The second-order valence-electron chi connectivity index (χ2n) is 3.71. The van der Waals surface area contributed by atoms with Crippen LogP contribution in [0.1, 0.15) is 5.01 Å². The lowest BCUT2D eigenvalue weighted by Crippen LogP contribution is -2.05. The Morgan fingerprint density at radius 1 is 1.33 bits per heavy atom. The third kappa shape index (κ3) is 1.63. The third-order valence-corrected chi connectivity index (χ3v) is 3.37. The predicted molar refractivity (Wildman–Crippen MR) is 65.3 cm³/mol. The molecule has 7 heteroatoms. The molecule has 0 saturated heterocycles. The summed E-state index contributed by atoms with van der Waals surface area (Å²) >= 11 is 1.42. The second kappa shape index (κ2) is 4.02. The van der Waals surface area contributed by atoms with Crippen molar-refractivity contribution in [3.8, 4) is 0 Å². The highest BCUT2D eigenvalue weighted by molar-refractivity contribution is 7.09. The van der Waals surface area contributed by atoms with Gasteiger partial charge in [0.2, 0.25) is 5.95 Å². The molecule has 0 radical (unpaired) electrons. The van der Waals surface area contributed by atoms with Crippen LogP contribution in [-0.4, -0.2) is 14.5 Å². The zero-order chi connectivity index (χ0) is 12.7. The molecule has 0 saturated carbocycles. The third-order valence-electron chi connectivity index (χ3n) is 2.61. The van der Waals surface area contributed by atoms with Crippen molar-refractivity contribution in [3.05, 3.63) is 40.4 Å². The number of benzene rings is 1. The van der Waals surface area contributed by atoms with E-state index in [-0.39, 0.29) is 18.0 Å². The van der Waals surface area contributed by atoms with Crippen LogP contribution in [-0.2, 0) is 6.54 Å². The number of hydrogen-bond donors (Lipinski definition) is 1. The molecular weight excluding hydrogens is 258 g/mol. The summed E-state index contributed by atoms with van der Waals surface area (Å²) in [5.41, 5.74) is 6.14. The molecular formula is C11H8F2N4S. The number of imidazole rings is 1. The van der Waals surface area contributed by atoms with E-state index < -0.39 is 11.6 Å². The van der Waals surface area contributed by atoms with Gasteiger partial charge in [-0.05, 0) is 12.1 Å². The molecule has 1 aromatic carbocycles. The van der Waals surface area contributed by atoms with Gasteiger partial charge >= 0.3 is 0 Å². The van der Waals surface area contributed by atoms with Crippen molar-refractivity contribution in [1.82, 2.24) is 14.5 Å². The highest BCUT2D eigenvalue weighted by atomic mass is 32.1. The van der Waals surface area contributed by atoms with Crippen LogP contribution in [0.5, 0.6) is 0 Å². The lowest BCUT2D eigenvalue weighted by Gasteiger charge is -2.04. The van der Waals surface area contributed by atoms with E-state index in [0.29, 0.717) is 5.52 Å². The minimum Gasteiger partial charge on any atom is -0.369 e. The van der Waals surface area contributed by atoms with Crippen molar-refractivity contribution >= 4 is 28.3 Å². The van der Waals surface area contributed by atoms with Crippen LogP contribution in [0.15, 0.2) is 23.7 Å². The summed E-state index contributed by atoms with van der Waals surface area (Å²) in [6, 6.07) is 2.44. The zero-order valence-corrected chi connectivity index (χ0v) is 9.92. The predicted octanol–water partition coefficient (Wildman–Crippen LogP) is 2.40. The molecule has 0 spiro atoms. The topological polar surface area (TPSA) is 56.7 Å². The Bertz CT molecular complexity index is 705. The number of fused-ring (bicyclic) bond motifs is 1. The molecule has 2 aromatic heterocycles. The fourth-order valence-corrected chi connectivity index (χ4v) is 2.41. The molecule has 0 aliphatic carbocycles. The molecule has 0 amide bonds. The first-order chi connectivity index (χ1) is 8.66. The van der Waals surface area contributed by atoms with E-state index in [1.165, 1.54) is 22.0 Å². The summed E-state index contributed by atoms with van der Waals surface area (Å²) < 4.78 is 28.5. The molecule has 0 fully saturated rings. The Morgan fingerprint density at radius 2 is 2.17 bits per heavy atom. The van der Waals surface area contributed by atoms with Gasteiger partial charge in [-0.1, -0.05) is 0 Å². The zero-order valence-electron chi connectivity index (χ0n) is 9.10. The Balaban J connectivity index is 2.21.